The molecule has 2 heteroatoms. The molecule has 0 aliphatic heterocycles. The lowest BCUT2D eigenvalue weighted by molar-refractivity contribution is 0.450. The summed E-state index contributed by atoms with van der Waals surface area (Å²) in [5.41, 5.74) is 2.29. The minimum Gasteiger partial charge on any atom is -0.508 e. The van der Waals surface area contributed by atoms with Crippen LogP contribution in [0.3, 0.4) is 0 Å². The molecule has 0 saturated carbocycles. The number of ether oxygens (including phenoxy) is 1. The number of unbranched alkanes of at least 4 members (excludes halogenated alkanes) is 2. The number of aryl methyl sites for hydroxylation is 2. The van der Waals surface area contributed by atoms with Crippen molar-refractivity contribution in [2.24, 2.45) is 0 Å². The van der Waals surface area contributed by atoms with Gasteiger partial charge in [0.2, 0.25) is 0 Å². The van der Waals surface area contributed by atoms with Crippen LogP contribution in [0, 0.1) is 0 Å². The molecule has 0 bridgehead atoms. The van der Waals surface area contributed by atoms with Gasteiger partial charge in [-0.3, -0.25) is 0 Å². The molecule has 0 unspecified atom stereocenters. The third-order valence-corrected chi connectivity index (χ3v) is 3.67. The van der Waals surface area contributed by atoms with Crippen molar-refractivity contribution in [1.82, 2.24) is 0 Å². The van der Waals surface area contributed by atoms with Crippen LogP contribution in [0.4, 0.5) is 0 Å². The van der Waals surface area contributed by atoms with Crippen LogP contribution in [0.5, 0.6) is 17.2 Å². The van der Waals surface area contributed by atoms with Crippen LogP contribution >= 0.6 is 0 Å². The molecule has 0 atom stereocenters. The molecule has 2 nitrogen and oxygen atoms in total. The molecule has 0 spiro atoms. The molecule has 112 valence electrons. The van der Waals surface area contributed by atoms with Gasteiger partial charge in [-0.05, 0) is 48.6 Å². The largest absolute Gasteiger partial charge is 0.508 e. The van der Waals surface area contributed by atoms with Gasteiger partial charge in [-0.15, -0.1) is 0 Å². The molecule has 0 saturated heterocycles. The van der Waals surface area contributed by atoms with E-state index in [-0.39, 0.29) is 0 Å². The smallest absolute Gasteiger partial charge is 0.131 e. The van der Waals surface area contributed by atoms with E-state index in [0.717, 1.165) is 24.2 Å². The van der Waals surface area contributed by atoms with Gasteiger partial charge in [0.05, 0.1) is 0 Å². The Hall–Kier alpha value is -1.96. The van der Waals surface area contributed by atoms with Crippen LogP contribution in [0.2, 0.25) is 0 Å². The summed E-state index contributed by atoms with van der Waals surface area (Å²) in [6, 6.07) is 13.7. The Morgan fingerprint density at radius 2 is 1.62 bits per heavy atom. The van der Waals surface area contributed by atoms with Crippen LogP contribution in [0.15, 0.2) is 42.5 Å². The summed E-state index contributed by atoms with van der Waals surface area (Å²) < 4.78 is 5.78. The molecule has 2 rings (SSSR count). The average Bonchev–Trinajstić information content (AvgIpc) is 2.49. The Morgan fingerprint density at radius 3 is 2.24 bits per heavy atom. The van der Waals surface area contributed by atoms with Gasteiger partial charge in [0, 0.05) is 6.07 Å². The van der Waals surface area contributed by atoms with Crippen LogP contribution < -0.4 is 4.74 Å². The van der Waals surface area contributed by atoms with Crippen molar-refractivity contribution in [3.8, 4) is 17.2 Å². The summed E-state index contributed by atoms with van der Waals surface area (Å²) in [7, 11) is 0. The van der Waals surface area contributed by atoms with E-state index < -0.39 is 0 Å². The number of hydrogen-bond acceptors (Lipinski definition) is 2. The quantitative estimate of drug-likeness (QED) is 0.682. The molecule has 0 aliphatic rings. The van der Waals surface area contributed by atoms with Crippen molar-refractivity contribution in [1.29, 1.82) is 0 Å². The van der Waals surface area contributed by atoms with Gasteiger partial charge >= 0.3 is 0 Å². The third-order valence-electron chi connectivity index (χ3n) is 3.67. The number of hydrogen-bond donors (Lipinski definition) is 1. The highest BCUT2D eigenvalue weighted by atomic mass is 16.5. The molecule has 2 aromatic carbocycles. The van der Waals surface area contributed by atoms with E-state index in [9.17, 15) is 5.11 Å². The summed E-state index contributed by atoms with van der Waals surface area (Å²) in [5.74, 6) is 1.77. The fourth-order valence-electron chi connectivity index (χ4n) is 2.35. The molecule has 21 heavy (non-hydrogen) atoms. The van der Waals surface area contributed by atoms with Gasteiger partial charge in [0.25, 0.3) is 0 Å². The molecule has 0 fully saturated rings. The first kappa shape index (κ1) is 15.4. The van der Waals surface area contributed by atoms with E-state index in [0.29, 0.717) is 11.5 Å². The van der Waals surface area contributed by atoms with Crippen molar-refractivity contribution in [2.45, 2.75) is 46.0 Å². The standard InChI is InChI=1S/C19H24O2/c1-3-5-6-7-15-8-11-17(12-9-15)21-18-13-10-16(4-2)19(20)14-18/h8-14,20H,3-7H2,1-2H3. The molecule has 0 amide bonds. The highest BCUT2D eigenvalue weighted by molar-refractivity contribution is 5.42. The highest BCUT2D eigenvalue weighted by Crippen LogP contribution is 2.28. The lowest BCUT2D eigenvalue weighted by atomic mass is 10.1. The van der Waals surface area contributed by atoms with Crippen molar-refractivity contribution in [2.75, 3.05) is 0 Å². The fraction of sp³-hybridized carbons (Fsp3) is 0.368. The number of aromatic hydroxyl groups is 1. The predicted octanol–water partition coefficient (Wildman–Crippen LogP) is 5.48. The molecule has 0 radical (unpaired) electrons. The maximum atomic E-state index is 9.85. The SMILES string of the molecule is CCCCCc1ccc(Oc2ccc(CC)c(O)c2)cc1. The Bertz CT molecular complexity index is 558. The number of phenols is 1. The lowest BCUT2D eigenvalue weighted by Crippen LogP contribution is -1.88. The highest BCUT2D eigenvalue weighted by Gasteiger charge is 2.03. The third kappa shape index (κ3) is 4.52. The van der Waals surface area contributed by atoms with E-state index in [1.807, 2.05) is 31.2 Å². The van der Waals surface area contributed by atoms with E-state index in [1.165, 1.54) is 24.8 Å². The van der Waals surface area contributed by atoms with Crippen LogP contribution in [0.1, 0.15) is 44.2 Å². The van der Waals surface area contributed by atoms with Gasteiger partial charge < -0.3 is 9.84 Å². The second kappa shape index (κ2) is 7.72. The van der Waals surface area contributed by atoms with E-state index in [1.54, 1.807) is 6.07 Å². The Morgan fingerprint density at radius 1 is 0.905 bits per heavy atom. The summed E-state index contributed by atoms with van der Waals surface area (Å²) in [4.78, 5) is 0. The monoisotopic (exact) mass is 284 g/mol. The van der Waals surface area contributed by atoms with Crippen LogP contribution in [-0.2, 0) is 12.8 Å². The lowest BCUT2D eigenvalue weighted by Gasteiger charge is -2.09. The normalized spacial score (nSPS) is 10.6. The minimum absolute atomic E-state index is 0.297. The summed E-state index contributed by atoms with van der Waals surface area (Å²) >= 11 is 0. The van der Waals surface area contributed by atoms with Crippen LogP contribution in [-0.4, -0.2) is 5.11 Å². The second-order valence-electron chi connectivity index (χ2n) is 5.35. The number of phenolic OH excluding ortho intramolecular Hbond substituents is 1. The molecule has 1 N–H and O–H groups in total. The van der Waals surface area contributed by atoms with Gasteiger partial charge in [-0.25, -0.2) is 0 Å². The van der Waals surface area contributed by atoms with E-state index in [2.05, 4.69) is 19.1 Å². The average molecular weight is 284 g/mol. The van der Waals surface area contributed by atoms with Gasteiger partial charge in [-0.1, -0.05) is 44.9 Å². The molecular weight excluding hydrogens is 260 g/mol. The van der Waals surface area contributed by atoms with Crippen LogP contribution in [0.25, 0.3) is 0 Å². The first-order chi connectivity index (χ1) is 10.2. The molecule has 0 aliphatic carbocycles. The van der Waals surface area contributed by atoms with Crippen molar-refractivity contribution in [3.05, 3.63) is 53.6 Å². The predicted molar refractivity (Wildman–Crippen MR) is 87.2 cm³/mol. The van der Waals surface area contributed by atoms with Crippen molar-refractivity contribution < 1.29 is 9.84 Å². The summed E-state index contributed by atoms with van der Waals surface area (Å²) in [5, 5.41) is 9.85. The molecule has 0 aromatic heterocycles. The first-order valence-corrected chi connectivity index (χ1v) is 7.81. The zero-order valence-corrected chi connectivity index (χ0v) is 12.9. The molecular formula is C19H24O2. The molecule has 0 heterocycles. The Kier molecular flexibility index (Phi) is 5.68. The summed E-state index contributed by atoms with van der Waals surface area (Å²) in [6.07, 6.45) is 5.71. The zero-order valence-electron chi connectivity index (χ0n) is 12.9. The van der Waals surface area contributed by atoms with Gasteiger partial charge in [-0.2, -0.15) is 0 Å². The number of benzene rings is 2. The van der Waals surface area contributed by atoms with Crippen molar-refractivity contribution in [3.63, 3.8) is 0 Å². The summed E-state index contributed by atoms with van der Waals surface area (Å²) in [6.45, 7) is 4.24. The van der Waals surface area contributed by atoms with E-state index in [4.69, 9.17) is 4.74 Å². The topological polar surface area (TPSA) is 29.5 Å². The maximum absolute atomic E-state index is 9.85. The molecule has 2 aromatic rings. The Labute approximate surface area is 127 Å². The first-order valence-electron chi connectivity index (χ1n) is 7.81. The zero-order chi connectivity index (χ0) is 15.1. The van der Waals surface area contributed by atoms with Gasteiger partial charge in [0.1, 0.15) is 17.2 Å². The second-order valence-corrected chi connectivity index (χ2v) is 5.35. The Balaban J connectivity index is 1.98. The van der Waals surface area contributed by atoms with E-state index >= 15 is 0 Å². The van der Waals surface area contributed by atoms with Crippen molar-refractivity contribution >= 4 is 0 Å². The van der Waals surface area contributed by atoms with Gasteiger partial charge in [0.15, 0.2) is 0 Å². The fourth-order valence-corrected chi connectivity index (χ4v) is 2.35. The maximum Gasteiger partial charge on any atom is 0.131 e. The minimum atomic E-state index is 0.297. The number of rotatable bonds is 7.